The molecule has 0 N–H and O–H groups in total. The van der Waals surface area contributed by atoms with Gasteiger partial charge in [-0.25, -0.2) is 4.98 Å². The fourth-order valence-corrected chi connectivity index (χ4v) is 2.76. The highest BCUT2D eigenvalue weighted by atomic mass is 32.1. The molecule has 1 aromatic heterocycles. The molecule has 0 saturated carbocycles. The van der Waals surface area contributed by atoms with Crippen LogP contribution in [0.4, 0.5) is 0 Å². The number of aromatic nitrogens is 1. The summed E-state index contributed by atoms with van der Waals surface area (Å²) >= 11 is 1.57. The molecule has 2 nitrogen and oxygen atoms in total. The number of hydrogen-bond donors (Lipinski definition) is 0. The quantitative estimate of drug-likeness (QED) is 0.740. The van der Waals surface area contributed by atoms with Crippen molar-refractivity contribution in [1.82, 2.24) is 4.98 Å². The van der Waals surface area contributed by atoms with Gasteiger partial charge in [-0.1, -0.05) is 23.8 Å². The van der Waals surface area contributed by atoms with Crippen molar-refractivity contribution < 1.29 is 4.79 Å². The molecule has 0 aliphatic heterocycles. The molecule has 0 atom stereocenters. The molecule has 0 aliphatic carbocycles. The van der Waals surface area contributed by atoms with Gasteiger partial charge in [-0.2, -0.15) is 0 Å². The lowest BCUT2D eigenvalue weighted by Gasteiger charge is -2.04. The number of aryl methyl sites for hydroxylation is 3. The lowest BCUT2D eigenvalue weighted by Crippen LogP contribution is -1.87. The Kier molecular flexibility index (Phi) is 2.88. The third kappa shape index (κ3) is 1.91. The Morgan fingerprint density at radius 3 is 2.62 bits per heavy atom. The molecule has 3 heteroatoms. The van der Waals surface area contributed by atoms with Crippen molar-refractivity contribution >= 4 is 17.6 Å². The molecule has 0 saturated heterocycles. The molecular weight excluding hydrogens is 218 g/mol. The highest BCUT2D eigenvalue weighted by molar-refractivity contribution is 7.15. The van der Waals surface area contributed by atoms with E-state index >= 15 is 0 Å². The third-order valence-corrected chi connectivity index (χ3v) is 3.52. The molecule has 0 amide bonds. The topological polar surface area (TPSA) is 30.0 Å². The lowest BCUT2D eigenvalue weighted by atomic mass is 10.0. The molecule has 0 aliphatic rings. The van der Waals surface area contributed by atoms with Crippen LogP contribution in [0.25, 0.3) is 10.4 Å². The van der Waals surface area contributed by atoms with Crippen molar-refractivity contribution in [3.63, 3.8) is 0 Å². The van der Waals surface area contributed by atoms with Gasteiger partial charge >= 0.3 is 0 Å². The molecule has 0 fully saturated rings. The highest BCUT2D eigenvalue weighted by Gasteiger charge is 2.12. The zero-order valence-corrected chi connectivity index (χ0v) is 10.4. The average molecular weight is 231 g/mol. The van der Waals surface area contributed by atoms with Crippen LogP contribution in [0.5, 0.6) is 0 Å². The van der Waals surface area contributed by atoms with E-state index in [2.05, 4.69) is 37.0 Å². The van der Waals surface area contributed by atoms with Crippen LogP contribution in [0, 0.1) is 20.8 Å². The van der Waals surface area contributed by atoms with Gasteiger partial charge in [0.05, 0.1) is 9.88 Å². The summed E-state index contributed by atoms with van der Waals surface area (Å²) in [6.07, 6.45) is 0.831. The van der Waals surface area contributed by atoms with E-state index in [1.54, 1.807) is 11.3 Å². The Bertz CT molecular complexity index is 543. The summed E-state index contributed by atoms with van der Waals surface area (Å²) in [6.45, 7) is 6.05. The van der Waals surface area contributed by atoms with Crippen LogP contribution < -0.4 is 0 Å². The molecule has 1 aromatic carbocycles. The lowest BCUT2D eigenvalue weighted by molar-refractivity contribution is 0.112. The standard InChI is InChI=1S/C13H13NOS/c1-8-4-5-11(9(2)6-8)13-12(7-15)14-10(3)16-13/h4-7H,1-3H3. The molecule has 2 rings (SSSR count). The first kappa shape index (κ1) is 11.0. The molecule has 0 radical (unpaired) electrons. The normalized spacial score (nSPS) is 10.4. The van der Waals surface area contributed by atoms with Gasteiger partial charge in [0.1, 0.15) is 5.69 Å². The van der Waals surface area contributed by atoms with E-state index < -0.39 is 0 Å². The number of benzene rings is 1. The van der Waals surface area contributed by atoms with Crippen LogP contribution in [0.15, 0.2) is 18.2 Å². The van der Waals surface area contributed by atoms with Gasteiger partial charge in [-0.15, -0.1) is 11.3 Å². The minimum Gasteiger partial charge on any atom is -0.296 e. The number of aldehydes is 1. The Balaban J connectivity index is 2.62. The summed E-state index contributed by atoms with van der Waals surface area (Å²) < 4.78 is 0. The van der Waals surface area contributed by atoms with E-state index in [1.165, 1.54) is 11.1 Å². The molecule has 0 unspecified atom stereocenters. The first-order valence-corrected chi connectivity index (χ1v) is 5.93. The van der Waals surface area contributed by atoms with Crippen molar-refractivity contribution in [2.24, 2.45) is 0 Å². The van der Waals surface area contributed by atoms with Gasteiger partial charge in [0, 0.05) is 0 Å². The Morgan fingerprint density at radius 1 is 1.25 bits per heavy atom. The predicted octanol–water partition coefficient (Wildman–Crippen LogP) is 3.55. The average Bonchev–Trinajstić information content (AvgIpc) is 2.59. The zero-order chi connectivity index (χ0) is 11.7. The molecule has 82 valence electrons. The fraction of sp³-hybridized carbons (Fsp3) is 0.231. The molecule has 1 heterocycles. The number of nitrogens with zero attached hydrogens (tertiary/aromatic N) is 1. The largest absolute Gasteiger partial charge is 0.296 e. The molecular formula is C13H13NOS. The maximum atomic E-state index is 10.9. The maximum absolute atomic E-state index is 10.9. The Hall–Kier alpha value is -1.48. The van der Waals surface area contributed by atoms with Crippen LogP contribution in [-0.4, -0.2) is 11.3 Å². The summed E-state index contributed by atoms with van der Waals surface area (Å²) in [6, 6.07) is 6.25. The van der Waals surface area contributed by atoms with Gasteiger partial charge in [0.15, 0.2) is 6.29 Å². The highest BCUT2D eigenvalue weighted by Crippen LogP contribution is 2.31. The number of carbonyl (C=O) groups excluding carboxylic acids is 1. The van der Waals surface area contributed by atoms with Gasteiger partial charge in [0.25, 0.3) is 0 Å². The summed E-state index contributed by atoms with van der Waals surface area (Å²) in [7, 11) is 0. The van der Waals surface area contributed by atoms with Crippen LogP contribution in [0.1, 0.15) is 26.6 Å². The number of thiazole rings is 1. The van der Waals surface area contributed by atoms with Crippen LogP contribution >= 0.6 is 11.3 Å². The predicted molar refractivity (Wildman–Crippen MR) is 67.1 cm³/mol. The number of carbonyl (C=O) groups is 1. The SMILES string of the molecule is Cc1ccc(-c2sc(C)nc2C=O)c(C)c1. The monoisotopic (exact) mass is 231 g/mol. The summed E-state index contributed by atoms with van der Waals surface area (Å²) in [4.78, 5) is 16.1. The third-order valence-electron chi connectivity index (χ3n) is 2.50. The molecule has 16 heavy (non-hydrogen) atoms. The second-order valence-corrected chi connectivity index (χ2v) is 5.09. The Labute approximate surface area is 99.0 Å². The van der Waals surface area contributed by atoms with E-state index in [0.717, 1.165) is 21.7 Å². The maximum Gasteiger partial charge on any atom is 0.169 e. The summed E-state index contributed by atoms with van der Waals surface area (Å²) in [5, 5.41) is 0.928. The number of hydrogen-bond acceptors (Lipinski definition) is 3. The summed E-state index contributed by atoms with van der Waals surface area (Å²) in [5.41, 5.74) is 4.08. The molecule has 0 bridgehead atoms. The smallest absolute Gasteiger partial charge is 0.169 e. The van der Waals surface area contributed by atoms with Gasteiger partial charge in [-0.05, 0) is 31.9 Å². The Morgan fingerprint density at radius 2 is 2.00 bits per heavy atom. The van der Waals surface area contributed by atoms with Crippen LogP contribution in [0.3, 0.4) is 0 Å². The van der Waals surface area contributed by atoms with Crippen molar-refractivity contribution in [3.8, 4) is 10.4 Å². The second-order valence-electron chi connectivity index (χ2n) is 3.88. The van der Waals surface area contributed by atoms with Crippen LogP contribution in [0.2, 0.25) is 0 Å². The number of rotatable bonds is 2. The van der Waals surface area contributed by atoms with Crippen LogP contribution in [-0.2, 0) is 0 Å². The first-order valence-electron chi connectivity index (χ1n) is 5.12. The van der Waals surface area contributed by atoms with Gasteiger partial charge < -0.3 is 0 Å². The van der Waals surface area contributed by atoms with E-state index in [9.17, 15) is 4.79 Å². The van der Waals surface area contributed by atoms with Crippen molar-refractivity contribution in [3.05, 3.63) is 40.0 Å². The van der Waals surface area contributed by atoms with Crippen molar-refractivity contribution in [1.29, 1.82) is 0 Å². The van der Waals surface area contributed by atoms with E-state index in [4.69, 9.17) is 0 Å². The van der Waals surface area contributed by atoms with E-state index in [0.29, 0.717) is 5.69 Å². The second kappa shape index (κ2) is 4.18. The van der Waals surface area contributed by atoms with E-state index in [1.807, 2.05) is 6.92 Å². The minimum absolute atomic E-state index is 0.550. The van der Waals surface area contributed by atoms with Gasteiger partial charge in [-0.3, -0.25) is 4.79 Å². The first-order chi connectivity index (χ1) is 7.61. The van der Waals surface area contributed by atoms with Crippen molar-refractivity contribution in [2.75, 3.05) is 0 Å². The summed E-state index contributed by atoms with van der Waals surface area (Å²) in [5.74, 6) is 0. The zero-order valence-electron chi connectivity index (χ0n) is 9.57. The van der Waals surface area contributed by atoms with E-state index in [-0.39, 0.29) is 0 Å². The van der Waals surface area contributed by atoms with Gasteiger partial charge in [0.2, 0.25) is 0 Å². The van der Waals surface area contributed by atoms with Crippen molar-refractivity contribution in [2.45, 2.75) is 20.8 Å². The fourth-order valence-electron chi connectivity index (χ4n) is 1.78. The molecule has 0 spiro atoms. The molecule has 2 aromatic rings. The minimum atomic E-state index is 0.550.